The van der Waals surface area contributed by atoms with Crippen LogP contribution in [0.2, 0.25) is 0 Å². The average molecular weight is 340 g/mol. The van der Waals surface area contributed by atoms with Crippen LogP contribution in [0.3, 0.4) is 0 Å². The number of nitrogens with one attached hydrogen (secondary N) is 1. The van der Waals surface area contributed by atoms with Gasteiger partial charge in [0.2, 0.25) is 11.8 Å². The molecule has 1 aromatic carbocycles. The molecule has 0 radical (unpaired) electrons. The minimum absolute atomic E-state index is 0.0604. The molecule has 1 atom stereocenters. The van der Waals surface area contributed by atoms with Crippen LogP contribution in [0.4, 0.5) is 0 Å². The number of amides is 2. The number of aryl methyl sites for hydroxylation is 1. The first-order chi connectivity index (χ1) is 12.1. The molecule has 6 nitrogen and oxygen atoms in total. The second-order valence-electron chi connectivity index (χ2n) is 6.43. The molecule has 25 heavy (non-hydrogen) atoms. The molecule has 3 rings (SSSR count). The van der Waals surface area contributed by atoms with E-state index in [1.807, 2.05) is 35.0 Å². The Balaban J connectivity index is 1.52. The number of hydrogen-bond acceptors (Lipinski definition) is 3. The lowest BCUT2D eigenvalue weighted by atomic mass is 9.93. The van der Waals surface area contributed by atoms with Crippen LogP contribution in [0.25, 0.3) is 0 Å². The molecule has 132 valence electrons. The van der Waals surface area contributed by atoms with Crippen molar-refractivity contribution in [1.82, 2.24) is 19.8 Å². The second-order valence-corrected chi connectivity index (χ2v) is 6.43. The van der Waals surface area contributed by atoms with E-state index in [4.69, 9.17) is 0 Å². The summed E-state index contributed by atoms with van der Waals surface area (Å²) < 4.78 is 2.03. The lowest BCUT2D eigenvalue weighted by Gasteiger charge is -2.35. The Bertz CT molecular complexity index is 727. The van der Waals surface area contributed by atoms with E-state index in [1.165, 1.54) is 6.92 Å². The maximum Gasteiger partial charge on any atom is 0.243 e. The molecule has 1 N–H and O–H groups in total. The van der Waals surface area contributed by atoms with Crippen molar-refractivity contribution in [2.75, 3.05) is 6.54 Å². The zero-order valence-electron chi connectivity index (χ0n) is 14.5. The first kappa shape index (κ1) is 17.2. The highest BCUT2D eigenvalue weighted by Gasteiger charge is 2.32. The van der Waals surface area contributed by atoms with Gasteiger partial charge in [0.25, 0.3) is 0 Å². The van der Waals surface area contributed by atoms with Crippen molar-refractivity contribution in [3.63, 3.8) is 0 Å². The Morgan fingerprint density at radius 1 is 1.24 bits per heavy atom. The molecular formula is C19H24N4O2. The summed E-state index contributed by atoms with van der Waals surface area (Å²) in [7, 11) is 0. The number of unbranched alkanes of at least 4 members (excludes halogenated alkanes) is 1. The molecule has 0 spiro atoms. The zero-order valence-corrected chi connectivity index (χ0v) is 14.5. The van der Waals surface area contributed by atoms with Gasteiger partial charge in [-0.3, -0.25) is 9.59 Å². The number of nitrogens with zero attached hydrogens (tertiary/aromatic N) is 3. The minimum atomic E-state index is -0.416. The molecule has 6 heteroatoms. The maximum atomic E-state index is 12.6. The number of hydrogen-bond donors (Lipinski definition) is 1. The Morgan fingerprint density at radius 3 is 2.76 bits per heavy atom. The van der Waals surface area contributed by atoms with Crippen molar-refractivity contribution in [2.24, 2.45) is 0 Å². The lowest BCUT2D eigenvalue weighted by Crippen LogP contribution is -2.52. The van der Waals surface area contributed by atoms with Crippen LogP contribution < -0.4 is 5.32 Å². The number of aromatic nitrogens is 2. The van der Waals surface area contributed by atoms with Crippen molar-refractivity contribution in [1.29, 1.82) is 0 Å². The molecule has 2 heterocycles. The molecule has 0 saturated heterocycles. The van der Waals surface area contributed by atoms with E-state index in [9.17, 15) is 9.59 Å². The third-order valence-corrected chi connectivity index (χ3v) is 4.66. The molecule has 1 aliphatic heterocycles. The summed E-state index contributed by atoms with van der Waals surface area (Å²) >= 11 is 0. The smallest absolute Gasteiger partial charge is 0.243 e. The predicted octanol–water partition coefficient (Wildman–Crippen LogP) is 1.75. The first-order valence-electron chi connectivity index (χ1n) is 8.72. The first-order valence-corrected chi connectivity index (χ1v) is 8.72. The van der Waals surface area contributed by atoms with Crippen molar-refractivity contribution >= 4 is 11.8 Å². The largest absolute Gasteiger partial charge is 0.354 e. The minimum Gasteiger partial charge on any atom is -0.354 e. The van der Waals surface area contributed by atoms with Gasteiger partial charge >= 0.3 is 0 Å². The number of carbonyl (C=O) groups is 2. The quantitative estimate of drug-likeness (QED) is 0.815. The Morgan fingerprint density at radius 2 is 2.04 bits per heavy atom. The number of carbonyl (C=O) groups excluding carboxylic acids is 2. The maximum absolute atomic E-state index is 12.6. The molecule has 2 amide bonds. The van der Waals surface area contributed by atoms with Crippen molar-refractivity contribution < 1.29 is 9.59 Å². The van der Waals surface area contributed by atoms with Crippen LogP contribution in [0, 0.1) is 0 Å². The van der Waals surface area contributed by atoms with Crippen LogP contribution in [0.5, 0.6) is 0 Å². The number of fused-ring (bicyclic) bond motifs is 1. The van der Waals surface area contributed by atoms with Gasteiger partial charge in [0, 0.05) is 45.4 Å². The van der Waals surface area contributed by atoms with Gasteiger partial charge in [-0.1, -0.05) is 24.3 Å². The van der Waals surface area contributed by atoms with Crippen LogP contribution in [-0.4, -0.2) is 38.9 Å². The highest BCUT2D eigenvalue weighted by atomic mass is 16.2. The van der Waals surface area contributed by atoms with E-state index < -0.39 is 6.04 Å². The van der Waals surface area contributed by atoms with E-state index in [0.717, 1.165) is 30.5 Å². The van der Waals surface area contributed by atoms with E-state index in [0.29, 0.717) is 19.5 Å². The van der Waals surface area contributed by atoms with Gasteiger partial charge in [-0.25, -0.2) is 4.98 Å². The molecule has 0 fully saturated rings. The predicted molar refractivity (Wildman–Crippen MR) is 94.6 cm³/mol. The van der Waals surface area contributed by atoms with Gasteiger partial charge in [-0.2, -0.15) is 0 Å². The summed E-state index contributed by atoms with van der Waals surface area (Å²) in [5, 5.41) is 2.99. The van der Waals surface area contributed by atoms with E-state index in [1.54, 1.807) is 17.4 Å². The average Bonchev–Trinajstić information content (AvgIpc) is 3.13. The van der Waals surface area contributed by atoms with Crippen LogP contribution >= 0.6 is 0 Å². The fourth-order valence-electron chi connectivity index (χ4n) is 3.26. The van der Waals surface area contributed by atoms with Crippen LogP contribution in [-0.2, 0) is 29.1 Å². The van der Waals surface area contributed by atoms with Gasteiger partial charge in [-0.05, 0) is 24.0 Å². The Hall–Kier alpha value is -2.63. The summed E-state index contributed by atoms with van der Waals surface area (Å²) in [4.78, 5) is 30.2. The normalized spacial score (nSPS) is 16.4. The molecule has 1 aromatic heterocycles. The molecule has 0 bridgehead atoms. The van der Waals surface area contributed by atoms with E-state index >= 15 is 0 Å². The van der Waals surface area contributed by atoms with Gasteiger partial charge < -0.3 is 14.8 Å². The molecule has 1 aliphatic rings. The van der Waals surface area contributed by atoms with Crippen LogP contribution in [0.15, 0.2) is 43.0 Å². The number of imidazole rings is 1. The van der Waals surface area contributed by atoms with Crippen molar-refractivity contribution in [3.8, 4) is 0 Å². The van der Waals surface area contributed by atoms with Crippen molar-refractivity contribution in [3.05, 3.63) is 54.1 Å². The Kier molecular flexibility index (Phi) is 5.48. The molecule has 2 aromatic rings. The highest BCUT2D eigenvalue weighted by Crippen LogP contribution is 2.23. The van der Waals surface area contributed by atoms with E-state index in [2.05, 4.69) is 10.3 Å². The lowest BCUT2D eigenvalue weighted by molar-refractivity contribution is -0.140. The monoisotopic (exact) mass is 340 g/mol. The van der Waals surface area contributed by atoms with Crippen LogP contribution in [0.1, 0.15) is 30.9 Å². The summed E-state index contributed by atoms with van der Waals surface area (Å²) in [6.07, 6.45) is 7.94. The molecular weight excluding hydrogens is 316 g/mol. The highest BCUT2D eigenvalue weighted by molar-refractivity contribution is 5.87. The molecule has 0 unspecified atom stereocenters. The number of benzene rings is 1. The Labute approximate surface area is 147 Å². The van der Waals surface area contributed by atoms with Gasteiger partial charge in [0.15, 0.2) is 0 Å². The number of rotatable bonds is 6. The molecule has 0 saturated carbocycles. The van der Waals surface area contributed by atoms with Crippen molar-refractivity contribution in [2.45, 2.75) is 45.3 Å². The van der Waals surface area contributed by atoms with Gasteiger partial charge in [0.05, 0.1) is 6.33 Å². The van der Waals surface area contributed by atoms with Gasteiger partial charge in [0.1, 0.15) is 6.04 Å². The standard InChI is InChI=1S/C19H24N4O2/c1-15(24)23-13-17-7-3-2-6-16(17)12-18(23)19(25)21-8-4-5-10-22-11-9-20-14-22/h2-3,6-7,9,11,14,18H,4-5,8,10,12-13H2,1H3,(H,21,25)/t18-/m1/s1. The summed E-state index contributed by atoms with van der Waals surface area (Å²) in [5.41, 5.74) is 2.28. The summed E-state index contributed by atoms with van der Waals surface area (Å²) in [6.45, 7) is 3.55. The van der Waals surface area contributed by atoms with Gasteiger partial charge in [-0.15, -0.1) is 0 Å². The van der Waals surface area contributed by atoms with E-state index in [-0.39, 0.29) is 11.8 Å². The fraction of sp³-hybridized carbons (Fsp3) is 0.421. The fourth-order valence-corrected chi connectivity index (χ4v) is 3.26. The topological polar surface area (TPSA) is 67.2 Å². The summed E-state index contributed by atoms with van der Waals surface area (Å²) in [5.74, 6) is -0.123. The SMILES string of the molecule is CC(=O)N1Cc2ccccc2C[C@@H]1C(=O)NCCCCn1ccnc1. The molecule has 0 aliphatic carbocycles. The zero-order chi connectivity index (χ0) is 17.6. The summed E-state index contributed by atoms with van der Waals surface area (Å²) in [6, 6.07) is 7.60. The second kappa shape index (κ2) is 7.96. The third kappa shape index (κ3) is 4.26. The third-order valence-electron chi connectivity index (χ3n) is 4.66.